The lowest BCUT2D eigenvalue weighted by Crippen LogP contribution is -2.35. The van der Waals surface area contributed by atoms with Gasteiger partial charge in [0.1, 0.15) is 0 Å². The van der Waals surface area contributed by atoms with Crippen molar-refractivity contribution in [2.75, 3.05) is 11.9 Å². The highest BCUT2D eigenvalue weighted by Crippen LogP contribution is 2.25. The van der Waals surface area contributed by atoms with Crippen molar-refractivity contribution >= 4 is 11.9 Å². The van der Waals surface area contributed by atoms with Crippen LogP contribution in [0.5, 0.6) is 0 Å². The summed E-state index contributed by atoms with van der Waals surface area (Å²) in [6.45, 7) is 7.61. The first-order chi connectivity index (χ1) is 11.5. The van der Waals surface area contributed by atoms with E-state index in [1.807, 2.05) is 20.0 Å². The molecule has 2 rings (SSSR count). The van der Waals surface area contributed by atoms with E-state index in [1.165, 1.54) is 32.1 Å². The minimum atomic E-state index is -0.0867. The summed E-state index contributed by atoms with van der Waals surface area (Å²) in [7, 11) is 2.09. The molecule has 1 aliphatic rings. The van der Waals surface area contributed by atoms with Crippen molar-refractivity contribution in [1.82, 2.24) is 15.3 Å². The predicted octanol–water partition coefficient (Wildman–Crippen LogP) is 3.70. The Morgan fingerprint density at radius 1 is 1.46 bits per heavy atom. The van der Waals surface area contributed by atoms with Gasteiger partial charge in [-0.15, -0.1) is 6.58 Å². The van der Waals surface area contributed by atoms with E-state index in [4.69, 9.17) is 0 Å². The molecule has 0 saturated heterocycles. The molecular formula is C19H30N4O. The quantitative estimate of drug-likeness (QED) is 0.775. The van der Waals surface area contributed by atoms with E-state index in [9.17, 15) is 4.79 Å². The molecule has 0 aromatic carbocycles. The number of hydrogen-bond donors (Lipinski definition) is 1. The van der Waals surface area contributed by atoms with Gasteiger partial charge in [-0.25, -0.2) is 9.97 Å². The molecule has 1 saturated carbocycles. The molecule has 1 aliphatic carbocycles. The summed E-state index contributed by atoms with van der Waals surface area (Å²) >= 11 is 0. The number of rotatable bonds is 7. The Morgan fingerprint density at radius 3 is 2.79 bits per heavy atom. The number of carbonyl (C=O) groups excluding carboxylic acids is 1. The van der Waals surface area contributed by atoms with Crippen LogP contribution in [0.15, 0.2) is 18.9 Å². The molecule has 0 radical (unpaired) electrons. The van der Waals surface area contributed by atoms with Crippen molar-refractivity contribution in [2.45, 2.75) is 70.9 Å². The first-order valence-corrected chi connectivity index (χ1v) is 8.99. The summed E-state index contributed by atoms with van der Waals surface area (Å²) in [4.78, 5) is 23.3. The van der Waals surface area contributed by atoms with Gasteiger partial charge in [-0.3, -0.25) is 4.79 Å². The Hall–Kier alpha value is -1.91. The Kier molecular flexibility index (Phi) is 6.76. The molecule has 1 fully saturated rings. The maximum absolute atomic E-state index is 11.9. The third kappa shape index (κ3) is 4.79. The fourth-order valence-corrected chi connectivity index (χ4v) is 3.32. The highest BCUT2D eigenvalue weighted by atomic mass is 16.1. The number of allylic oxidation sites excluding steroid dienone is 1. The number of aryl methyl sites for hydroxylation is 1. The zero-order valence-corrected chi connectivity index (χ0v) is 15.2. The van der Waals surface area contributed by atoms with Crippen LogP contribution in [0.1, 0.15) is 69.2 Å². The van der Waals surface area contributed by atoms with Gasteiger partial charge in [0.05, 0.1) is 6.04 Å². The molecule has 0 aliphatic heterocycles. The second kappa shape index (κ2) is 8.81. The second-order valence-corrected chi connectivity index (χ2v) is 6.73. The molecule has 1 aromatic rings. The van der Waals surface area contributed by atoms with Crippen molar-refractivity contribution in [1.29, 1.82) is 0 Å². The van der Waals surface area contributed by atoms with Crippen LogP contribution in [-0.2, 0) is 4.79 Å². The average molecular weight is 330 g/mol. The number of anilines is 1. The SMILES string of the molecule is C=CCCC(=O)N[C@H](C)c1cnc(N(C)C2CCCCC2)nc1C. The standard InChI is InChI=1S/C19H30N4O/c1-5-6-12-18(24)21-14(2)17-13-20-19(22-15(17)3)23(4)16-10-8-7-9-11-16/h5,13-14,16H,1,6-12H2,2-4H3,(H,21,24)/t14-/m1/s1. The highest BCUT2D eigenvalue weighted by Gasteiger charge is 2.21. The van der Waals surface area contributed by atoms with Crippen LogP contribution in [0.25, 0.3) is 0 Å². The molecule has 0 spiro atoms. The Balaban J connectivity index is 2.02. The normalized spacial score (nSPS) is 16.5. The minimum Gasteiger partial charge on any atom is -0.349 e. The van der Waals surface area contributed by atoms with Gasteiger partial charge >= 0.3 is 0 Å². The van der Waals surface area contributed by atoms with Gasteiger partial charge in [-0.05, 0) is 33.1 Å². The summed E-state index contributed by atoms with van der Waals surface area (Å²) < 4.78 is 0. The van der Waals surface area contributed by atoms with Crippen LogP contribution < -0.4 is 10.2 Å². The maximum Gasteiger partial charge on any atom is 0.225 e. The maximum atomic E-state index is 11.9. The van der Waals surface area contributed by atoms with Crippen LogP contribution in [0.2, 0.25) is 0 Å². The van der Waals surface area contributed by atoms with Gasteiger partial charge in [-0.1, -0.05) is 25.3 Å². The van der Waals surface area contributed by atoms with Crippen molar-refractivity contribution in [3.8, 4) is 0 Å². The van der Waals surface area contributed by atoms with Gasteiger partial charge in [0.2, 0.25) is 11.9 Å². The van der Waals surface area contributed by atoms with Crippen molar-refractivity contribution in [2.24, 2.45) is 0 Å². The molecule has 1 aromatic heterocycles. The molecule has 132 valence electrons. The van der Waals surface area contributed by atoms with Crippen LogP contribution in [0, 0.1) is 6.92 Å². The van der Waals surface area contributed by atoms with Crippen LogP contribution in [0.4, 0.5) is 5.95 Å². The first kappa shape index (κ1) is 18.4. The van der Waals surface area contributed by atoms with Gasteiger partial charge in [0.25, 0.3) is 0 Å². The number of amides is 1. The Bertz CT molecular complexity index is 566. The van der Waals surface area contributed by atoms with E-state index in [-0.39, 0.29) is 11.9 Å². The first-order valence-electron chi connectivity index (χ1n) is 8.99. The van der Waals surface area contributed by atoms with Crippen molar-refractivity contribution in [3.63, 3.8) is 0 Å². The van der Waals surface area contributed by atoms with Crippen molar-refractivity contribution in [3.05, 3.63) is 30.1 Å². The fourth-order valence-electron chi connectivity index (χ4n) is 3.32. The van der Waals surface area contributed by atoms with E-state index in [1.54, 1.807) is 6.08 Å². The lowest BCUT2D eigenvalue weighted by molar-refractivity contribution is -0.121. The summed E-state index contributed by atoms with van der Waals surface area (Å²) in [5.74, 6) is 0.818. The fraction of sp³-hybridized carbons (Fsp3) is 0.632. The Labute approximate surface area is 145 Å². The van der Waals surface area contributed by atoms with E-state index >= 15 is 0 Å². The third-order valence-electron chi connectivity index (χ3n) is 4.86. The molecule has 5 nitrogen and oxygen atoms in total. The molecule has 0 unspecified atom stereocenters. The zero-order chi connectivity index (χ0) is 17.5. The smallest absolute Gasteiger partial charge is 0.225 e. The molecule has 1 heterocycles. The largest absolute Gasteiger partial charge is 0.349 e. The molecule has 1 N–H and O–H groups in total. The minimum absolute atomic E-state index is 0.0326. The Morgan fingerprint density at radius 2 is 2.17 bits per heavy atom. The molecule has 1 amide bonds. The number of aromatic nitrogens is 2. The van der Waals surface area contributed by atoms with Gasteiger partial charge < -0.3 is 10.2 Å². The highest BCUT2D eigenvalue weighted by molar-refractivity contribution is 5.76. The van der Waals surface area contributed by atoms with E-state index in [0.717, 1.165) is 17.2 Å². The lowest BCUT2D eigenvalue weighted by atomic mass is 9.95. The van der Waals surface area contributed by atoms with E-state index in [2.05, 4.69) is 33.8 Å². The molecule has 24 heavy (non-hydrogen) atoms. The van der Waals surface area contributed by atoms with Crippen LogP contribution >= 0.6 is 0 Å². The second-order valence-electron chi connectivity index (χ2n) is 6.73. The number of nitrogens with zero attached hydrogens (tertiary/aromatic N) is 3. The molecular weight excluding hydrogens is 300 g/mol. The number of carbonyl (C=O) groups is 1. The molecule has 1 atom stereocenters. The zero-order valence-electron chi connectivity index (χ0n) is 15.2. The predicted molar refractivity (Wildman–Crippen MR) is 98.0 cm³/mol. The van der Waals surface area contributed by atoms with E-state index in [0.29, 0.717) is 18.9 Å². The van der Waals surface area contributed by atoms with Crippen LogP contribution in [-0.4, -0.2) is 29.0 Å². The third-order valence-corrected chi connectivity index (χ3v) is 4.86. The summed E-state index contributed by atoms with van der Waals surface area (Å²) in [5.41, 5.74) is 1.90. The summed E-state index contributed by atoms with van der Waals surface area (Å²) in [5, 5.41) is 3.00. The lowest BCUT2D eigenvalue weighted by Gasteiger charge is -2.31. The molecule has 5 heteroatoms. The summed E-state index contributed by atoms with van der Waals surface area (Å²) in [6, 6.07) is 0.455. The summed E-state index contributed by atoms with van der Waals surface area (Å²) in [6.07, 6.45) is 11.1. The van der Waals surface area contributed by atoms with Crippen LogP contribution in [0.3, 0.4) is 0 Å². The van der Waals surface area contributed by atoms with E-state index < -0.39 is 0 Å². The topological polar surface area (TPSA) is 58.1 Å². The number of nitrogens with one attached hydrogen (secondary N) is 1. The number of hydrogen-bond acceptors (Lipinski definition) is 4. The average Bonchev–Trinajstić information content (AvgIpc) is 2.59. The van der Waals surface area contributed by atoms with Gasteiger partial charge in [0.15, 0.2) is 0 Å². The van der Waals surface area contributed by atoms with Gasteiger partial charge in [0, 0.05) is 37.0 Å². The van der Waals surface area contributed by atoms with Gasteiger partial charge in [-0.2, -0.15) is 0 Å². The molecule has 0 bridgehead atoms. The monoisotopic (exact) mass is 330 g/mol. The van der Waals surface area contributed by atoms with Crippen molar-refractivity contribution < 1.29 is 4.79 Å².